The first-order valence-electron chi connectivity index (χ1n) is 37.6. The number of benzene rings is 3. The zero-order valence-corrected chi connectivity index (χ0v) is 60.0. The van der Waals surface area contributed by atoms with Gasteiger partial charge in [-0.25, -0.2) is 4.79 Å². The molecule has 0 radical (unpaired) electrons. The molecule has 3 aromatic carbocycles. The predicted octanol–water partition coefficient (Wildman–Crippen LogP) is 21.7. The topological polar surface area (TPSA) is 142 Å². The Labute approximate surface area is 560 Å². The van der Waals surface area contributed by atoms with Gasteiger partial charge in [-0.3, -0.25) is 9.59 Å². The van der Waals surface area contributed by atoms with Gasteiger partial charge in [0.2, 0.25) is 0 Å². The molecule has 0 aliphatic heterocycles. The SMILES string of the molecule is CN(C)CCCCCCCCCCCCCCCCCc1ccccc1.CN(C)CCCCCCCCCCCCCCCCCc1ccccc1.CN(C)CCCCCCCCCCCCCCCCCc1ccccc1.O=C(O)CC(O)(CC(=O)O)C(=O)O. The van der Waals surface area contributed by atoms with E-state index in [0.29, 0.717) is 0 Å². The third kappa shape index (κ3) is 65.8. The number of carboxylic acid groups (broad SMARTS) is 3. The predicted molar refractivity (Wildman–Crippen MR) is 391 cm³/mol. The van der Waals surface area contributed by atoms with Crippen LogP contribution in [0.1, 0.15) is 318 Å². The van der Waals surface area contributed by atoms with Crippen LogP contribution in [-0.2, 0) is 33.6 Å². The maximum absolute atomic E-state index is 10.3. The number of aryl methyl sites for hydroxylation is 3. The monoisotopic (exact) mass is 1270 g/mol. The maximum atomic E-state index is 10.3. The van der Waals surface area contributed by atoms with Gasteiger partial charge < -0.3 is 35.1 Å². The van der Waals surface area contributed by atoms with Crippen molar-refractivity contribution in [2.45, 2.75) is 327 Å². The molecule has 0 aliphatic rings. The highest BCUT2D eigenvalue weighted by molar-refractivity contribution is 5.88. The minimum atomic E-state index is -2.74. The van der Waals surface area contributed by atoms with Crippen LogP contribution in [0.15, 0.2) is 91.0 Å². The molecule has 3 rings (SSSR count). The molecule has 0 spiro atoms. The van der Waals surface area contributed by atoms with Crippen LogP contribution in [0.25, 0.3) is 0 Å². The molecule has 0 heterocycles. The van der Waals surface area contributed by atoms with Crippen molar-refractivity contribution in [2.24, 2.45) is 0 Å². The largest absolute Gasteiger partial charge is 0.481 e. The molecule has 0 bridgehead atoms. The van der Waals surface area contributed by atoms with Crippen molar-refractivity contribution in [2.75, 3.05) is 61.9 Å². The van der Waals surface area contributed by atoms with Crippen molar-refractivity contribution in [3.8, 4) is 0 Å². The number of hydrogen-bond donors (Lipinski definition) is 4. The molecule has 0 amide bonds. The van der Waals surface area contributed by atoms with Gasteiger partial charge in [0.05, 0.1) is 12.8 Å². The van der Waals surface area contributed by atoms with Gasteiger partial charge in [-0.15, -0.1) is 0 Å². The van der Waals surface area contributed by atoms with Crippen LogP contribution in [0.3, 0.4) is 0 Å². The highest BCUT2D eigenvalue weighted by Crippen LogP contribution is 2.19. The minimum Gasteiger partial charge on any atom is -0.481 e. The number of aliphatic carboxylic acids is 3. The first kappa shape index (κ1) is 86.9. The number of carbonyl (C=O) groups is 3. The fourth-order valence-corrected chi connectivity index (χ4v) is 11.8. The number of hydrogen-bond acceptors (Lipinski definition) is 7. The van der Waals surface area contributed by atoms with Gasteiger partial charge >= 0.3 is 17.9 Å². The van der Waals surface area contributed by atoms with Crippen LogP contribution in [0.2, 0.25) is 0 Å². The molecule has 10 nitrogen and oxygen atoms in total. The van der Waals surface area contributed by atoms with Crippen molar-refractivity contribution in [1.82, 2.24) is 14.7 Å². The molecule has 0 saturated heterocycles. The van der Waals surface area contributed by atoms with Crippen molar-refractivity contribution in [3.63, 3.8) is 0 Å². The quantitative estimate of drug-likeness (QED) is 0.0404. The fraction of sp³-hybridized carbons (Fsp3) is 0.741. The van der Waals surface area contributed by atoms with Gasteiger partial charge in [-0.1, -0.05) is 341 Å². The van der Waals surface area contributed by atoms with Crippen LogP contribution >= 0.6 is 0 Å². The molecular weight excluding hydrogens is 1130 g/mol. The van der Waals surface area contributed by atoms with Gasteiger partial charge in [0, 0.05) is 0 Å². The Morgan fingerprint density at radius 2 is 0.418 bits per heavy atom. The van der Waals surface area contributed by atoms with E-state index in [9.17, 15) is 14.4 Å². The number of carboxylic acids is 3. The van der Waals surface area contributed by atoms with E-state index in [0.717, 1.165) is 0 Å². The summed E-state index contributed by atoms with van der Waals surface area (Å²) >= 11 is 0. The standard InChI is InChI=1S/3C25H45N.C6H8O7/c3*1-26(2)24-20-15-13-11-9-7-5-3-4-6-8-10-12-14-17-21-25-22-18-16-19-23-25;7-3(8)1-6(13,5(11)12)2-4(9)10/h3*16,18-19,22-23H,3-15,17,20-21,24H2,1-2H3;13H,1-2H2,(H,7,8)(H,9,10)(H,11,12). The maximum Gasteiger partial charge on any atom is 0.336 e. The van der Waals surface area contributed by atoms with Gasteiger partial charge in [0.15, 0.2) is 5.60 Å². The molecule has 4 N–H and O–H groups in total. The van der Waals surface area contributed by atoms with E-state index in [1.807, 2.05) is 0 Å². The molecule has 91 heavy (non-hydrogen) atoms. The molecule has 0 unspecified atom stereocenters. The Morgan fingerprint density at radius 1 is 0.264 bits per heavy atom. The Morgan fingerprint density at radius 3 is 0.560 bits per heavy atom. The van der Waals surface area contributed by atoms with Gasteiger partial charge in [-0.2, -0.15) is 0 Å². The Balaban J connectivity index is 0.00000122. The first-order valence-corrected chi connectivity index (χ1v) is 37.6. The van der Waals surface area contributed by atoms with E-state index in [1.54, 1.807) is 0 Å². The van der Waals surface area contributed by atoms with E-state index in [1.165, 1.54) is 345 Å². The fourth-order valence-electron chi connectivity index (χ4n) is 11.8. The van der Waals surface area contributed by atoms with E-state index in [2.05, 4.69) is 148 Å². The summed E-state index contributed by atoms with van der Waals surface area (Å²) in [6, 6.07) is 32.8. The van der Waals surface area contributed by atoms with Crippen molar-refractivity contribution in [1.29, 1.82) is 0 Å². The van der Waals surface area contributed by atoms with Crippen LogP contribution in [0, 0.1) is 0 Å². The summed E-state index contributed by atoms with van der Waals surface area (Å²) < 4.78 is 0. The lowest BCUT2D eigenvalue weighted by atomic mass is 9.96. The van der Waals surface area contributed by atoms with Crippen molar-refractivity contribution >= 4 is 17.9 Å². The average molecular weight is 1270 g/mol. The van der Waals surface area contributed by atoms with Gasteiger partial charge in [0.1, 0.15) is 0 Å². The summed E-state index contributed by atoms with van der Waals surface area (Å²) in [4.78, 5) is 37.4. The summed E-state index contributed by atoms with van der Waals surface area (Å²) in [6.07, 6.45) is 66.2. The van der Waals surface area contributed by atoms with E-state index >= 15 is 0 Å². The lowest BCUT2D eigenvalue weighted by molar-refractivity contribution is -0.170. The number of aliphatic hydroxyl groups is 1. The van der Waals surface area contributed by atoms with E-state index in [-0.39, 0.29) is 0 Å². The molecule has 524 valence electrons. The lowest BCUT2D eigenvalue weighted by Crippen LogP contribution is -2.42. The summed E-state index contributed by atoms with van der Waals surface area (Å²) in [5, 5.41) is 33.8. The summed E-state index contributed by atoms with van der Waals surface area (Å²) in [7, 11) is 13.0. The Bertz CT molecular complexity index is 1780. The zero-order valence-electron chi connectivity index (χ0n) is 60.0. The van der Waals surface area contributed by atoms with Gasteiger partial charge in [-0.05, 0) is 136 Å². The normalized spacial score (nSPS) is 11.3. The molecule has 0 aromatic heterocycles. The first-order chi connectivity index (χ1) is 44.1. The summed E-state index contributed by atoms with van der Waals surface area (Å²) in [5.41, 5.74) is 1.76. The molecule has 0 fully saturated rings. The Kier molecular flexibility index (Phi) is 63.0. The molecule has 0 atom stereocenters. The smallest absolute Gasteiger partial charge is 0.336 e. The van der Waals surface area contributed by atoms with Crippen LogP contribution < -0.4 is 0 Å². The summed E-state index contributed by atoms with van der Waals surface area (Å²) in [6.45, 7) is 3.77. The second-order valence-corrected chi connectivity index (χ2v) is 27.5. The highest BCUT2D eigenvalue weighted by Gasteiger charge is 2.40. The third-order valence-corrected chi connectivity index (χ3v) is 17.5. The lowest BCUT2D eigenvalue weighted by Gasteiger charge is -2.18. The highest BCUT2D eigenvalue weighted by atomic mass is 16.4. The number of rotatable bonds is 59. The molecule has 0 aliphatic carbocycles. The van der Waals surface area contributed by atoms with E-state index in [4.69, 9.17) is 20.4 Å². The van der Waals surface area contributed by atoms with Crippen LogP contribution in [-0.4, -0.2) is 121 Å². The van der Waals surface area contributed by atoms with Crippen LogP contribution in [0.5, 0.6) is 0 Å². The number of unbranched alkanes of at least 4 members (excludes halogenated alkanes) is 42. The van der Waals surface area contributed by atoms with Crippen molar-refractivity contribution in [3.05, 3.63) is 108 Å². The zero-order chi connectivity index (χ0) is 66.8. The Hall–Kier alpha value is -4.09. The molecule has 3 aromatic rings. The minimum absolute atomic E-state index is 1.14. The number of nitrogens with zero attached hydrogens (tertiary/aromatic N) is 3. The molecular formula is C81H143N3O7. The second kappa shape index (κ2) is 66.0. The summed E-state index contributed by atoms with van der Waals surface area (Å²) in [5.74, 6) is -5.02. The van der Waals surface area contributed by atoms with Gasteiger partial charge in [0.25, 0.3) is 0 Å². The molecule has 10 heteroatoms. The van der Waals surface area contributed by atoms with Crippen LogP contribution in [0.4, 0.5) is 0 Å². The molecule has 0 saturated carbocycles. The van der Waals surface area contributed by atoms with Crippen molar-refractivity contribution < 1.29 is 34.8 Å². The average Bonchev–Trinajstić information content (AvgIpc) is 2.75. The third-order valence-electron chi connectivity index (χ3n) is 17.5. The van der Waals surface area contributed by atoms with E-state index < -0.39 is 36.4 Å². The second-order valence-electron chi connectivity index (χ2n) is 27.5.